The molecule has 1 heterocycles. The highest BCUT2D eigenvalue weighted by molar-refractivity contribution is 6.02. The Morgan fingerprint density at radius 1 is 1.44 bits per heavy atom. The number of rotatable bonds is 1. The molecule has 3 nitrogen and oxygen atoms in total. The SMILES string of the molecule is CC(C)c1ccc2c(c1)C(=O)[C@@H](N)CCO2. The van der Waals surface area contributed by atoms with Gasteiger partial charge in [0.05, 0.1) is 18.2 Å². The Balaban J connectivity index is 2.46. The van der Waals surface area contributed by atoms with Gasteiger partial charge < -0.3 is 10.5 Å². The number of ketones is 1. The summed E-state index contributed by atoms with van der Waals surface area (Å²) in [6.07, 6.45) is 0.588. The Morgan fingerprint density at radius 2 is 2.19 bits per heavy atom. The maximum absolute atomic E-state index is 12.0. The second-order valence-electron chi connectivity index (χ2n) is 4.52. The molecule has 0 unspecified atom stereocenters. The first-order valence-electron chi connectivity index (χ1n) is 5.66. The van der Waals surface area contributed by atoms with Crippen LogP contribution in [-0.4, -0.2) is 18.4 Å². The number of carbonyl (C=O) groups excluding carboxylic acids is 1. The highest BCUT2D eigenvalue weighted by atomic mass is 16.5. The molecule has 2 N–H and O–H groups in total. The number of nitrogens with two attached hydrogens (primary N) is 1. The third-order valence-electron chi connectivity index (χ3n) is 2.96. The molecule has 0 radical (unpaired) electrons. The van der Waals surface area contributed by atoms with Crippen molar-refractivity contribution in [2.24, 2.45) is 5.73 Å². The molecular formula is C13H17NO2. The normalized spacial score (nSPS) is 20.2. The van der Waals surface area contributed by atoms with Crippen LogP contribution in [-0.2, 0) is 0 Å². The van der Waals surface area contributed by atoms with Crippen LogP contribution < -0.4 is 10.5 Å². The van der Waals surface area contributed by atoms with E-state index >= 15 is 0 Å². The second kappa shape index (κ2) is 4.26. The maximum atomic E-state index is 12.0. The second-order valence-corrected chi connectivity index (χ2v) is 4.52. The smallest absolute Gasteiger partial charge is 0.183 e. The molecule has 0 aromatic heterocycles. The highest BCUT2D eigenvalue weighted by Gasteiger charge is 2.23. The van der Waals surface area contributed by atoms with Crippen LogP contribution in [0.5, 0.6) is 5.75 Å². The van der Waals surface area contributed by atoms with Gasteiger partial charge in [0, 0.05) is 6.42 Å². The molecule has 0 fully saturated rings. The van der Waals surface area contributed by atoms with E-state index in [0.29, 0.717) is 30.3 Å². The molecule has 2 rings (SSSR count). The van der Waals surface area contributed by atoms with Crippen molar-refractivity contribution >= 4 is 5.78 Å². The number of carbonyl (C=O) groups is 1. The fourth-order valence-corrected chi connectivity index (χ4v) is 1.85. The number of hydrogen-bond donors (Lipinski definition) is 1. The zero-order chi connectivity index (χ0) is 11.7. The zero-order valence-corrected chi connectivity index (χ0v) is 9.69. The van der Waals surface area contributed by atoms with Crippen LogP contribution in [0.4, 0.5) is 0 Å². The van der Waals surface area contributed by atoms with Crippen LogP contribution in [0.25, 0.3) is 0 Å². The molecule has 1 aliphatic rings. The fourth-order valence-electron chi connectivity index (χ4n) is 1.85. The minimum absolute atomic E-state index is 0.00463. The van der Waals surface area contributed by atoms with E-state index in [2.05, 4.69) is 13.8 Å². The predicted molar refractivity (Wildman–Crippen MR) is 62.9 cm³/mol. The molecule has 1 atom stereocenters. The molecule has 16 heavy (non-hydrogen) atoms. The van der Waals surface area contributed by atoms with Crippen molar-refractivity contribution in [1.82, 2.24) is 0 Å². The van der Waals surface area contributed by atoms with E-state index in [9.17, 15) is 4.79 Å². The number of hydrogen-bond acceptors (Lipinski definition) is 3. The van der Waals surface area contributed by atoms with Gasteiger partial charge in [-0.1, -0.05) is 19.9 Å². The van der Waals surface area contributed by atoms with Gasteiger partial charge in [-0.25, -0.2) is 0 Å². The van der Waals surface area contributed by atoms with E-state index < -0.39 is 6.04 Å². The van der Waals surface area contributed by atoms with Crippen molar-refractivity contribution in [3.8, 4) is 5.75 Å². The molecule has 3 heteroatoms. The van der Waals surface area contributed by atoms with Crippen molar-refractivity contribution in [2.45, 2.75) is 32.2 Å². The van der Waals surface area contributed by atoms with Crippen molar-refractivity contribution in [3.63, 3.8) is 0 Å². The summed E-state index contributed by atoms with van der Waals surface area (Å²) in [6, 6.07) is 5.37. The monoisotopic (exact) mass is 219 g/mol. The molecule has 0 saturated heterocycles. The van der Waals surface area contributed by atoms with Gasteiger partial charge in [-0.05, 0) is 23.6 Å². The standard InChI is InChI=1S/C13H17NO2/c1-8(2)9-3-4-12-10(7-9)13(15)11(14)5-6-16-12/h3-4,7-8,11H,5-6,14H2,1-2H3/t11-/m0/s1. The Kier molecular flexibility index (Phi) is 2.97. The average molecular weight is 219 g/mol. The zero-order valence-electron chi connectivity index (χ0n) is 9.69. The summed E-state index contributed by atoms with van der Waals surface area (Å²) in [7, 11) is 0. The molecule has 86 valence electrons. The van der Waals surface area contributed by atoms with Crippen LogP contribution in [0.3, 0.4) is 0 Å². The van der Waals surface area contributed by atoms with E-state index in [4.69, 9.17) is 10.5 Å². The quantitative estimate of drug-likeness (QED) is 0.787. The van der Waals surface area contributed by atoms with Gasteiger partial charge >= 0.3 is 0 Å². The molecule has 0 amide bonds. The molecule has 0 aliphatic carbocycles. The highest BCUT2D eigenvalue weighted by Crippen LogP contribution is 2.27. The van der Waals surface area contributed by atoms with Gasteiger partial charge in [-0.2, -0.15) is 0 Å². The number of benzene rings is 1. The Labute approximate surface area is 95.6 Å². The van der Waals surface area contributed by atoms with Crippen LogP contribution in [0, 0.1) is 0 Å². The fraction of sp³-hybridized carbons (Fsp3) is 0.462. The van der Waals surface area contributed by atoms with Crippen molar-refractivity contribution in [3.05, 3.63) is 29.3 Å². The first kappa shape index (κ1) is 11.1. The minimum Gasteiger partial charge on any atom is -0.493 e. The van der Waals surface area contributed by atoms with E-state index in [1.165, 1.54) is 0 Å². The van der Waals surface area contributed by atoms with Crippen LogP contribution >= 0.6 is 0 Å². The van der Waals surface area contributed by atoms with Crippen LogP contribution in [0.15, 0.2) is 18.2 Å². The first-order chi connectivity index (χ1) is 7.59. The molecule has 1 aliphatic heterocycles. The molecule has 1 aromatic rings. The lowest BCUT2D eigenvalue weighted by molar-refractivity contribution is 0.0960. The van der Waals surface area contributed by atoms with Gasteiger partial charge in [0.2, 0.25) is 0 Å². The van der Waals surface area contributed by atoms with Gasteiger partial charge in [0.1, 0.15) is 5.75 Å². The van der Waals surface area contributed by atoms with Gasteiger partial charge in [-0.15, -0.1) is 0 Å². The summed E-state index contributed by atoms with van der Waals surface area (Å²) < 4.78 is 5.52. The number of fused-ring (bicyclic) bond motifs is 1. The molecule has 0 bridgehead atoms. The van der Waals surface area contributed by atoms with Crippen molar-refractivity contribution in [1.29, 1.82) is 0 Å². The van der Waals surface area contributed by atoms with E-state index in [0.717, 1.165) is 5.56 Å². The maximum Gasteiger partial charge on any atom is 0.183 e. The number of Topliss-reactive ketones (excluding diaryl/α,β-unsaturated/α-hetero) is 1. The van der Waals surface area contributed by atoms with Gasteiger partial charge in [0.15, 0.2) is 5.78 Å². The summed E-state index contributed by atoms with van der Waals surface area (Å²) in [6.45, 7) is 4.72. The lowest BCUT2D eigenvalue weighted by atomic mass is 9.96. The van der Waals surface area contributed by atoms with E-state index in [-0.39, 0.29) is 5.78 Å². The van der Waals surface area contributed by atoms with Gasteiger partial charge in [-0.3, -0.25) is 4.79 Å². The average Bonchev–Trinajstić information content (AvgIpc) is 2.40. The van der Waals surface area contributed by atoms with Crippen LogP contribution in [0.2, 0.25) is 0 Å². The summed E-state index contributed by atoms with van der Waals surface area (Å²) in [5, 5.41) is 0. The number of ether oxygens (including phenoxy) is 1. The molecular weight excluding hydrogens is 202 g/mol. The lowest BCUT2D eigenvalue weighted by Crippen LogP contribution is -2.30. The van der Waals surface area contributed by atoms with E-state index in [1.54, 1.807) is 0 Å². The van der Waals surface area contributed by atoms with Gasteiger partial charge in [0.25, 0.3) is 0 Å². The van der Waals surface area contributed by atoms with Crippen LogP contribution in [0.1, 0.15) is 42.1 Å². The summed E-state index contributed by atoms with van der Waals surface area (Å²) in [4.78, 5) is 12.0. The Hall–Kier alpha value is -1.35. The molecule has 0 spiro atoms. The van der Waals surface area contributed by atoms with Crippen molar-refractivity contribution < 1.29 is 9.53 Å². The third kappa shape index (κ3) is 1.95. The Morgan fingerprint density at radius 3 is 2.88 bits per heavy atom. The Bertz CT molecular complexity index is 412. The molecule has 1 aromatic carbocycles. The topological polar surface area (TPSA) is 52.3 Å². The van der Waals surface area contributed by atoms with E-state index in [1.807, 2.05) is 18.2 Å². The third-order valence-corrected chi connectivity index (χ3v) is 2.96. The minimum atomic E-state index is -0.427. The first-order valence-corrected chi connectivity index (χ1v) is 5.66. The summed E-state index contributed by atoms with van der Waals surface area (Å²) in [5.74, 6) is 1.06. The molecule has 0 saturated carbocycles. The summed E-state index contributed by atoms with van der Waals surface area (Å²) in [5.41, 5.74) is 7.57. The largest absolute Gasteiger partial charge is 0.493 e. The lowest BCUT2D eigenvalue weighted by Gasteiger charge is -2.11. The summed E-state index contributed by atoms with van der Waals surface area (Å²) >= 11 is 0. The predicted octanol–water partition coefficient (Wildman–Crippen LogP) is 2.10. The van der Waals surface area contributed by atoms with Crippen molar-refractivity contribution in [2.75, 3.05) is 6.61 Å².